The highest BCUT2D eigenvalue weighted by Gasteiger charge is 2.17. The summed E-state index contributed by atoms with van der Waals surface area (Å²) in [5.41, 5.74) is 7.39. The molecule has 6 heteroatoms. The Morgan fingerprint density at radius 1 is 1.45 bits per heavy atom. The molecule has 2 aromatic heterocycles. The van der Waals surface area contributed by atoms with Crippen LogP contribution in [0.3, 0.4) is 0 Å². The predicted molar refractivity (Wildman–Crippen MR) is 86.0 cm³/mol. The van der Waals surface area contributed by atoms with Gasteiger partial charge in [-0.25, -0.2) is 0 Å². The van der Waals surface area contributed by atoms with Crippen LogP contribution in [0.2, 0.25) is 0 Å². The second-order valence-corrected chi connectivity index (χ2v) is 7.26. The van der Waals surface area contributed by atoms with Crippen molar-refractivity contribution < 1.29 is 4.74 Å². The van der Waals surface area contributed by atoms with Crippen LogP contribution in [0.1, 0.15) is 35.6 Å². The predicted octanol–water partition coefficient (Wildman–Crippen LogP) is 3.67. The minimum atomic E-state index is 0.0970. The van der Waals surface area contributed by atoms with Gasteiger partial charge in [-0.15, -0.1) is 11.3 Å². The van der Waals surface area contributed by atoms with E-state index < -0.39 is 0 Å². The summed E-state index contributed by atoms with van der Waals surface area (Å²) < 4.78 is 9.90. The van der Waals surface area contributed by atoms with E-state index in [0.29, 0.717) is 11.6 Å². The van der Waals surface area contributed by atoms with Gasteiger partial charge >= 0.3 is 0 Å². The molecule has 2 aromatic rings. The monoisotopic (exact) mass is 309 g/mol. The summed E-state index contributed by atoms with van der Waals surface area (Å²) in [6.07, 6.45) is 3.89. The molecule has 0 bridgehead atoms. The van der Waals surface area contributed by atoms with Gasteiger partial charge in [0.2, 0.25) is 0 Å². The second-order valence-electron chi connectivity index (χ2n) is 5.26. The number of nitrogens with one attached hydrogen (secondary N) is 1. The zero-order valence-corrected chi connectivity index (χ0v) is 13.4. The lowest BCUT2D eigenvalue weighted by Gasteiger charge is -2.11. The minimum Gasteiger partial charge on any atom is -0.484 e. The molecule has 0 fully saturated rings. The van der Waals surface area contributed by atoms with Crippen LogP contribution in [-0.2, 0) is 19.4 Å². The lowest BCUT2D eigenvalue weighted by Crippen LogP contribution is -2.08. The number of aromatic nitrogens is 1. The van der Waals surface area contributed by atoms with Crippen LogP contribution in [0.5, 0.6) is 5.75 Å². The van der Waals surface area contributed by atoms with E-state index >= 15 is 0 Å². The zero-order chi connectivity index (χ0) is 14.1. The summed E-state index contributed by atoms with van der Waals surface area (Å²) in [4.78, 5) is 2.93. The molecule has 0 saturated heterocycles. The summed E-state index contributed by atoms with van der Waals surface area (Å²) in [5.74, 6) is 1.16. The summed E-state index contributed by atoms with van der Waals surface area (Å²) >= 11 is 3.28. The molecule has 20 heavy (non-hydrogen) atoms. The van der Waals surface area contributed by atoms with Crippen molar-refractivity contribution in [3.05, 3.63) is 21.4 Å². The number of fused-ring (bicyclic) bond motifs is 1. The third-order valence-electron chi connectivity index (χ3n) is 3.25. The molecule has 0 saturated carbocycles. The van der Waals surface area contributed by atoms with Gasteiger partial charge in [0, 0.05) is 9.75 Å². The average molecular weight is 309 g/mol. The van der Waals surface area contributed by atoms with Gasteiger partial charge in [-0.2, -0.15) is 4.37 Å². The van der Waals surface area contributed by atoms with E-state index in [1.165, 1.54) is 41.2 Å². The molecule has 3 rings (SSSR count). The Kier molecular flexibility index (Phi) is 3.85. The molecule has 2 heterocycles. The molecule has 0 atom stereocenters. The SMILES string of the molecule is CC(C)Oc1c(N)nsc1NCc1cc2c(s1)CCC2. The molecular formula is C14H19N3OS2. The van der Waals surface area contributed by atoms with Crippen LogP contribution >= 0.6 is 22.9 Å². The van der Waals surface area contributed by atoms with Crippen molar-refractivity contribution in [2.45, 2.75) is 45.8 Å². The van der Waals surface area contributed by atoms with E-state index in [4.69, 9.17) is 10.5 Å². The fraction of sp³-hybridized carbons (Fsp3) is 0.500. The number of nitrogen functional groups attached to an aromatic ring is 1. The van der Waals surface area contributed by atoms with Crippen LogP contribution in [0.4, 0.5) is 10.8 Å². The van der Waals surface area contributed by atoms with Crippen molar-refractivity contribution in [1.82, 2.24) is 4.37 Å². The first-order valence-corrected chi connectivity index (χ1v) is 8.48. The first-order valence-electron chi connectivity index (χ1n) is 6.89. The van der Waals surface area contributed by atoms with E-state index in [1.807, 2.05) is 25.2 Å². The van der Waals surface area contributed by atoms with Crippen LogP contribution in [0.15, 0.2) is 6.07 Å². The number of thiophene rings is 1. The fourth-order valence-electron chi connectivity index (χ4n) is 2.40. The third kappa shape index (κ3) is 2.76. The van der Waals surface area contributed by atoms with Crippen LogP contribution in [0, 0.1) is 0 Å². The van der Waals surface area contributed by atoms with Crippen molar-refractivity contribution in [3.63, 3.8) is 0 Å². The van der Waals surface area contributed by atoms with Gasteiger partial charge in [-0.05, 0) is 56.3 Å². The van der Waals surface area contributed by atoms with Gasteiger partial charge in [0.05, 0.1) is 12.6 Å². The first kappa shape index (κ1) is 13.7. The van der Waals surface area contributed by atoms with Crippen molar-refractivity contribution >= 4 is 33.7 Å². The van der Waals surface area contributed by atoms with Crippen LogP contribution < -0.4 is 15.8 Å². The largest absolute Gasteiger partial charge is 0.484 e. The van der Waals surface area contributed by atoms with Gasteiger partial charge in [0.15, 0.2) is 16.6 Å². The lowest BCUT2D eigenvalue weighted by molar-refractivity contribution is 0.245. The Morgan fingerprint density at radius 2 is 2.30 bits per heavy atom. The summed E-state index contributed by atoms with van der Waals surface area (Å²) in [6.45, 7) is 4.79. The van der Waals surface area contributed by atoms with E-state index in [2.05, 4.69) is 15.8 Å². The highest BCUT2D eigenvalue weighted by Crippen LogP contribution is 2.37. The van der Waals surface area contributed by atoms with Gasteiger partial charge in [-0.1, -0.05) is 0 Å². The molecule has 108 valence electrons. The number of hydrogen-bond acceptors (Lipinski definition) is 6. The highest BCUT2D eigenvalue weighted by molar-refractivity contribution is 7.12. The topological polar surface area (TPSA) is 60.2 Å². The third-order valence-corrected chi connectivity index (χ3v) is 5.29. The van der Waals surface area contributed by atoms with Gasteiger partial charge in [0.25, 0.3) is 0 Å². The Morgan fingerprint density at radius 3 is 3.05 bits per heavy atom. The zero-order valence-electron chi connectivity index (χ0n) is 11.7. The van der Waals surface area contributed by atoms with Gasteiger partial charge in [0.1, 0.15) is 0 Å². The minimum absolute atomic E-state index is 0.0970. The molecule has 4 nitrogen and oxygen atoms in total. The Labute approximate surface area is 127 Å². The Balaban J connectivity index is 1.68. The number of hydrogen-bond donors (Lipinski definition) is 2. The van der Waals surface area contributed by atoms with E-state index in [1.54, 1.807) is 4.88 Å². The van der Waals surface area contributed by atoms with Crippen molar-refractivity contribution in [2.24, 2.45) is 0 Å². The van der Waals surface area contributed by atoms with Crippen molar-refractivity contribution in [3.8, 4) is 5.75 Å². The van der Waals surface area contributed by atoms with Crippen molar-refractivity contribution in [1.29, 1.82) is 0 Å². The van der Waals surface area contributed by atoms with Gasteiger partial charge in [-0.3, -0.25) is 0 Å². The fourth-order valence-corrected chi connectivity index (χ4v) is 4.25. The molecule has 0 aliphatic heterocycles. The van der Waals surface area contributed by atoms with E-state index in [9.17, 15) is 0 Å². The summed E-state index contributed by atoms with van der Waals surface area (Å²) in [5, 5.41) is 4.33. The maximum atomic E-state index is 5.85. The number of aryl methyl sites for hydroxylation is 2. The highest BCUT2D eigenvalue weighted by atomic mass is 32.1. The second kappa shape index (κ2) is 5.61. The number of rotatable bonds is 5. The van der Waals surface area contributed by atoms with E-state index in [-0.39, 0.29) is 6.10 Å². The van der Waals surface area contributed by atoms with Crippen molar-refractivity contribution in [2.75, 3.05) is 11.1 Å². The quantitative estimate of drug-likeness (QED) is 0.884. The van der Waals surface area contributed by atoms with E-state index in [0.717, 1.165) is 11.5 Å². The number of nitrogens with zero attached hydrogens (tertiary/aromatic N) is 1. The molecule has 3 N–H and O–H groups in total. The number of anilines is 2. The van der Waals surface area contributed by atoms with Gasteiger partial charge < -0.3 is 15.8 Å². The smallest absolute Gasteiger partial charge is 0.197 e. The molecule has 0 radical (unpaired) electrons. The average Bonchev–Trinajstić information content (AvgIpc) is 3.03. The van der Waals surface area contributed by atoms with Crippen LogP contribution in [0.25, 0.3) is 0 Å². The molecule has 1 aliphatic carbocycles. The molecule has 0 spiro atoms. The Bertz CT molecular complexity index is 582. The maximum absolute atomic E-state index is 5.85. The molecule has 0 aromatic carbocycles. The molecule has 0 unspecified atom stereocenters. The summed E-state index contributed by atoms with van der Waals surface area (Å²) in [6, 6.07) is 2.33. The first-order chi connectivity index (χ1) is 9.63. The maximum Gasteiger partial charge on any atom is 0.197 e. The Hall–Kier alpha value is -1.27. The number of ether oxygens (including phenoxy) is 1. The molecule has 1 aliphatic rings. The molecule has 0 amide bonds. The normalized spacial score (nSPS) is 13.8. The lowest BCUT2D eigenvalue weighted by atomic mass is 10.2. The standard InChI is InChI=1S/C14H19N3OS2/c1-8(2)18-12-13(15)17-20-14(12)16-7-10-6-9-4-3-5-11(9)19-10/h6,8,16H,3-5,7H2,1-2H3,(H2,15,17). The van der Waals surface area contributed by atoms with Crippen LogP contribution in [-0.4, -0.2) is 10.5 Å². The number of nitrogens with two attached hydrogens (primary N) is 1. The molecular weight excluding hydrogens is 290 g/mol. The summed E-state index contributed by atoms with van der Waals surface area (Å²) in [7, 11) is 0.